The molecule has 0 fully saturated rings. The molecule has 0 radical (unpaired) electrons. The van der Waals surface area contributed by atoms with E-state index >= 15 is 0 Å². The number of hydrogen-bond donors (Lipinski definition) is 1. The average Bonchev–Trinajstić information content (AvgIpc) is 2.80. The molecule has 0 bridgehead atoms. The molecule has 8 nitrogen and oxygen atoms in total. The Bertz CT molecular complexity index is 1080. The molecule has 2 aromatic heterocycles. The first-order chi connectivity index (χ1) is 15.1. The van der Waals surface area contributed by atoms with Crippen LogP contribution in [0.2, 0.25) is 0 Å². The molecule has 1 aromatic carbocycles. The second-order valence-corrected chi connectivity index (χ2v) is 7.57. The highest BCUT2D eigenvalue weighted by atomic mass is 16.5. The van der Waals surface area contributed by atoms with Gasteiger partial charge in [0, 0.05) is 36.8 Å². The monoisotopic (exact) mass is 422 g/mol. The summed E-state index contributed by atoms with van der Waals surface area (Å²) in [6.45, 7) is 2.90. The van der Waals surface area contributed by atoms with Crippen molar-refractivity contribution in [3.05, 3.63) is 70.2 Å². The minimum absolute atomic E-state index is 0.0414. The van der Waals surface area contributed by atoms with E-state index in [-0.39, 0.29) is 37.5 Å². The molecular weight excluding hydrogens is 396 g/mol. The summed E-state index contributed by atoms with van der Waals surface area (Å²) in [4.78, 5) is 25.0. The van der Waals surface area contributed by atoms with Gasteiger partial charge in [-0.25, -0.2) is 4.79 Å². The van der Waals surface area contributed by atoms with E-state index in [0.29, 0.717) is 6.54 Å². The van der Waals surface area contributed by atoms with E-state index in [9.17, 15) is 4.79 Å². The molecular formula is C23H26N4O4. The summed E-state index contributed by atoms with van der Waals surface area (Å²) in [5.41, 5.74) is 4.97. The lowest BCUT2D eigenvalue weighted by atomic mass is 9.94. The van der Waals surface area contributed by atoms with Gasteiger partial charge >= 0.3 is 5.69 Å². The lowest BCUT2D eigenvalue weighted by molar-refractivity contribution is 0.0122. The van der Waals surface area contributed by atoms with Crippen molar-refractivity contribution in [1.82, 2.24) is 19.5 Å². The third-order valence-corrected chi connectivity index (χ3v) is 5.28. The zero-order chi connectivity index (χ0) is 21.6. The Morgan fingerprint density at radius 2 is 2.13 bits per heavy atom. The summed E-state index contributed by atoms with van der Waals surface area (Å²) in [6.07, 6.45) is 7.48. The van der Waals surface area contributed by atoms with Crippen LogP contribution in [0, 0.1) is 0 Å². The van der Waals surface area contributed by atoms with Crippen LogP contribution in [0.4, 0.5) is 0 Å². The summed E-state index contributed by atoms with van der Waals surface area (Å²) in [7, 11) is 0. The molecule has 0 spiro atoms. The molecule has 0 amide bonds. The van der Waals surface area contributed by atoms with Crippen molar-refractivity contribution >= 4 is 0 Å². The number of hydrogen-bond acceptors (Lipinski definition) is 7. The van der Waals surface area contributed by atoms with Gasteiger partial charge in [-0.2, -0.15) is 4.98 Å². The van der Waals surface area contributed by atoms with E-state index in [2.05, 4.69) is 33.2 Å². The predicted molar refractivity (Wildman–Crippen MR) is 115 cm³/mol. The summed E-state index contributed by atoms with van der Waals surface area (Å²) >= 11 is 0. The first kappa shape index (κ1) is 21.1. The number of aliphatic hydroxyl groups is 1. The topological polar surface area (TPSA) is 99.4 Å². The van der Waals surface area contributed by atoms with Gasteiger partial charge in [-0.3, -0.25) is 14.5 Å². The molecule has 0 saturated carbocycles. The van der Waals surface area contributed by atoms with Crippen molar-refractivity contribution in [3.8, 4) is 17.1 Å². The fourth-order valence-electron chi connectivity index (χ4n) is 3.73. The molecule has 1 aliphatic rings. The molecule has 3 aromatic rings. The average molecular weight is 422 g/mol. The Labute approximate surface area is 180 Å². The Morgan fingerprint density at radius 3 is 2.94 bits per heavy atom. The maximum absolute atomic E-state index is 12.5. The van der Waals surface area contributed by atoms with E-state index in [0.717, 1.165) is 36.2 Å². The van der Waals surface area contributed by atoms with E-state index in [1.807, 2.05) is 13.0 Å². The van der Waals surface area contributed by atoms with Gasteiger partial charge in [0.15, 0.2) is 0 Å². The molecule has 3 heterocycles. The van der Waals surface area contributed by atoms with Crippen molar-refractivity contribution in [3.63, 3.8) is 0 Å². The minimum atomic E-state index is -0.311. The molecule has 1 N–H and O–H groups in total. The van der Waals surface area contributed by atoms with Crippen molar-refractivity contribution in [2.75, 3.05) is 19.8 Å². The number of aromatic nitrogens is 4. The summed E-state index contributed by atoms with van der Waals surface area (Å²) in [6, 6.07) is 8.20. The smallest absolute Gasteiger partial charge is 0.351 e. The number of benzene rings is 1. The van der Waals surface area contributed by atoms with Crippen LogP contribution in [0.15, 0.2) is 47.7 Å². The second-order valence-electron chi connectivity index (χ2n) is 7.57. The maximum atomic E-state index is 12.5. The number of ether oxygens (including phenoxy) is 2. The van der Waals surface area contributed by atoms with Crippen LogP contribution < -0.4 is 10.4 Å². The van der Waals surface area contributed by atoms with Gasteiger partial charge in [0.05, 0.1) is 30.7 Å². The highest BCUT2D eigenvalue weighted by Gasteiger charge is 2.19. The maximum Gasteiger partial charge on any atom is 0.351 e. The lowest BCUT2D eigenvalue weighted by Crippen LogP contribution is -2.29. The third-order valence-electron chi connectivity index (χ3n) is 5.28. The standard InChI is InChI=1S/C23H26N4O4/c1-16(30-11-10-28)15-31-22-13-21-20-5-3-17(2-4-19-14-24-7-8-25-19)12-18(20)6-9-27(21)23(29)26-22/h3,5,7-8,12-14,16,28H,2,4,6,9-11,15H2,1H3. The van der Waals surface area contributed by atoms with Gasteiger partial charge in [0.1, 0.15) is 6.61 Å². The Balaban J connectivity index is 1.51. The normalized spacial score (nSPS) is 13.4. The molecule has 162 valence electrons. The fraction of sp³-hybridized carbons (Fsp3) is 0.391. The zero-order valence-corrected chi connectivity index (χ0v) is 17.5. The zero-order valence-electron chi connectivity index (χ0n) is 17.5. The van der Waals surface area contributed by atoms with Crippen molar-refractivity contribution in [2.24, 2.45) is 0 Å². The molecule has 1 unspecified atom stereocenters. The first-order valence-corrected chi connectivity index (χ1v) is 10.5. The largest absolute Gasteiger partial charge is 0.475 e. The summed E-state index contributed by atoms with van der Waals surface area (Å²) < 4.78 is 12.8. The second kappa shape index (κ2) is 9.80. The molecule has 0 saturated heterocycles. The van der Waals surface area contributed by atoms with Crippen LogP contribution in [-0.4, -0.2) is 50.6 Å². The SMILES string of the molecule is CC(COc1cc2n(c(=O)n1)CCc1cc(CCc3cnccn3)ccc1-2)OCCO. The van der Waals surface area contributed by atoms with Crippen LogP contribution in [0.1, 0.15) is 23.7 Å². The van der Waals surface area contributed by atoms with Gasteiger partial charge in [0.25, 0.3) is 0 Å². The highest BCUT2D eigenvalue weighted by molar-refractivity contribution is 5.67. The summed E-state index contributed by atoms with van der Waals surface area (Å²) in [5, 5.41) is 8.85. The fourth-order valence-corrected chi connectivity index (χ4v) is 3.73. The first-order valence-electron chi connectivity index (χ1n) is 10.5. The highest BCUT2D eigenvalue weighted by Crippen LogP contribution is 2.30. The number of nitrogens with zero attached hydrogens (tertiary/aromatic N) is 4. The van der Waals surface area contributed by atoms with Crippen LogP contribution in [-0.2, 0) is 30.5 Å². The number of aliphatic hydroxyl groups excluding tert-OH is 1. The van der Waals surface area contributed by atoms with Crippen LogP contribution in [0.3, 0.4) is 0 Å². The molecule has 31 heavy (non-hydrogen) atoms. The van der Waals surface area contributed by atoms with Gasteiger partial charge in [-0.05, 0) is 37.3 Å². The number of fused-ring (bicyclic) bond motifs is 3. The Kier molecular flexibility index (Phi) is 6.69. The van der Waals surface area contributed by atoms with E-state index in [1.54, 1.807) is 23.2 Å². The minimum Gasteiger partial charge on any atom is -0.475 e. The quantitative estimate of drug-likeness (QED) is 0.561. The molecule has 8 heteroatoms. The lowest BCUT2D eigenvalue weighted by Gasteiger charge is -2.22. The van der Waals surface area contributed by atoms with Gasteiger partial charge < -0.3 is 14.6 Å². The molecule has 4 rings (SSSR count). The molecule has 1 aliphatic heterocycles. The van der Waals surface area contributed by atoms with Crippen LogP contribution >= 0.6 is 0 Å². The number of aryl methyl sites for hydroxylation is 3. The van der Waals surface area contributed by atoms with Crippen molar-refractivity contribution in [1.29, 1.82) is 0 Å². The van der Waals surface area contributed by atoms with Crippen molar-refractivity contribution < 1.29 is 14.6 Å². The molecule has 1 atom stereocenters. The van der Waals surface area contributed by atoms with Crippen molar-refractivity contribution in [2.45, 2.75) is 38.8 Å². The van der Waals surface area contributed by atoms with Crippen LogP contribution in [0.5, 0.6) is 5.88 Å². The van der Waals surface area contributed by atoms with Crippen LogP contribution in [0.25, 0.3) is 11.3 Å². The number of rotatable bonds is 9. The predicted octanol–water partition coefficient (Wildman–Crippen LogP) is 1.82. The van der Waals surface area contributed by atoms with E-state index in [1.165, 1.54) is 11.1 Å². The van der Waals surface area contributed by atoms with E-state index < -0.39 is 0 Å². The van der Waals surface area contributed by atoms with Gasteiger partial charge in [-0.1, -0.05) is 18.2 Å². The van der Waals surface area contributed by atoms with E-state index in [4.69, 9.17) is 14.6 Å². The Hall–Kier alpha value is -3.10. The summed E-state index contributed by atoms with van der Waals surface area (Å²) in [5.74, 6) is 0.287. The third kappa shape index (κ3) is 5.15. The Morgan fingerprint density at radius 1 is 1.23 bits per heavy atom. The molecule has 0 aliphatic carbocycles. The van der Waals surface area contributed by atoms with Gasteiger partial charge in [-0.15, -0.1) is 0 Å². The van der Waals surface area contributed by atoms with Gasteiger partial charge in [0.2, 0.25) is 5.88 Å².